The second-order valence-electron chi connectivity index (χ2n) is 2.69. The smallest absolute Gasteiger partial charge is 0.463 e. The van der Waals surface area contributed by atoms with Crippen molar-refractivity contribution in [1.29, 1.82) is 0 Å². The predicted octanol–water partition coefficient (Wildman–Crippen LogP) is 5.01. The molecule has 0 aromatic carbocycles. The molecule has 0 aliphatic heterocycles. The lowest BCUT2D eigenvalue weighted by Gasteiger charge is -1.94. The summed E-state index contributed by atoms with van der Waals surface area (Å²) in [5, 5.41) is 0. The normalized spacial score (nSPS) is 10.7. The van der Waals surface area contributed by atoms with Crippen molar-refractivity contribution in [3.8, 4) is 0 Å². The number of esters is 1. The Morgan fingerprint density at radius 3 is 2.32 bits per heavy atom. The number of halogens is 4. The topological polar surface area (TPSA) is 26.3 Å². The third-order valence-electron chi connectivity index (χ3n) is 1.37. The van der Waals surface area contributed by atoms with Crippen molar-refractivity contribution in [3.63, 3.8) is 0 Å². The Morgan fingerprint density at radius 2 is 1.95 bits per heavy atom. The van der Waals surface area contributed by atoms with Gasteiger partial charge in [-0.25, -0.2) is 4.79 Å². The maximum Gasteiger partial charge on any atom is 0.673 e. The molecule has 1 aromatic heterocycles. The van der Waals surface area contributed by atoms with Crippen LogP contribution in [0, 0.1) is 0 Å². The molecule has 0 aliphatic rings. The van der Waals surface area contributed by atoms with Gasteiger partial charge in [0, 0.05) is 5.75 Å². The quantitative estimate of drug-likeness (QED) is 0.250. The zero-order valence-corrected chi connectivity index (χ0v) is 13.5. The van der Waals surface area contributed by atoms with Crippen molar-refractivity contribution in [1.82, 2.24) is 0 Å². The highest BCUT2D eigenvalue weighted by molar-refractivity contribution is 8.05. The lowest BCUT2D eigenvalue weighted by molar-refractivity contribution is 0.0603. The number of rotatable bonds is 4. The zero-order valence-electron chi connectivity index (χ0n) is 10.2. The first-order valence-electron chi connectivity index (χ1n) is 4.82. The van der Waals surface area contributed by atoms with E-state index in [1.807, 2.05) is 6.26 Å². The number of hydrogen-bond donors (Lipinski definition) is 0. The molecule has 1 heterocycles. The average molecular weight is 354 g/mol. The summed E-state index contributed by atoms with van der Waals surface area (Å²) < 4.78 is 46.0. The zero-order chi connectivity index (χ0) is 15.1. The fraction of sp³-hybridized carbons (Fsp3) is 0.500. The van der Waals surface area contributed by atoms with Crippen LogP contribution in [0.4, 0.5) is 17.3 Å². The molecular weight excluding hydrogens is 343 g/mol. The molecule has 0 radical (unpaired) electrons. The second-order valence-corrected chi connectivity index (χ2v) is 7.86. The molecule has 0 saturated heterocycles. The summed E-state index contributed by atoms with van der Waals surface area (Å²) in [5.41, 5.74) is 0. The van der Waals surface area contributed by atoms with Crippen molar-refractivity contribution < 1.29 is 26.8 Å². The summed E-state index contributed by atoms with van der Waals surface area (Å²) in [6.45, 7) is 2.10. The van der Waals surface area contributed by atoms with E-state index in [0.717, 1.165) is 14.8 Å². The van der Waals surface area contributed by atoms with Crippen LogP contribution < -0.4 is 0 Å². The van der Waals surface area contributed by atoms with E-state index in [0.29, 0.717) is 0 Å². The van der Waals surface area contributed by atoms with E-state index in [1.54, 1.807) is 34.9 Å². The van der Waals surface area contributed by atoms with E-state index >= 15 is 0 Å². The molecule has 19 heavy (non-hydrogen) atoms. The van der Waals surface area contributed by atoms with Gasteiger partial charge in [-0.3, -0.25) is 0 Å². The van der Waals surface area contributed by atoms with Gasteiger partial charge in [0.1, 0.15) is 22.7 Å². The van der Waals surface area contributed by atoms with Crippen LogP contribution in [0.2, 0.25) is 0 Å². The summed E-state index contributed by atoms with van der Waals surface area (Å²) in [6.07, 6.45) is 1.98. The first-order chi connectivity index (χ1) is 8.72. The molecule has 0 atom stereocenters. The van der Waals surface area contributed by atoms with Crippen molar-refractivity contribution in [2.45, 2.75) is 14.7 Å². The van der Waals surface area contributed by atoms with Crippen LogP contribution in [0.3, 0.4) is 0 Å². The Morgan fingerprint density at radius 1 is 1.42 bits per heavy atom. The number of hydrogen-bond acceptors (Lipinski definition) is 5. The summed E-state index contributed by atoms with van der Waals surface area (Å²) in [7, 11) is -4.58. The largest absolute Gasteiger partial charge is 0.673 e. The van der Waals surface area contributed by atoms with Crippen molar-refractivity contribution in [2.75, 3.05) is 19.1 Å². The number of ether oxygens (including phenoxy) is 1. The Balaban J connectivity index is 0.000000555. The fourth-order valence-corrected chi connectivity index (χ4v) is 5.92. The van der Waals surface area contributed by atoms with Gasteiger partial charge in [-0.15, -0.1) is 0 Å². The Labute approximate surface area is 125 Å². The number of carbonyl (C=O) groups is 1. The molecule has 0 unspecified atom stereocenters. The molecule has 110 valence electrons. The minimum absolute atomic E-state index is 0.224. The molecule has 0 N–H and O–H groups in total. The van der Waals surface area contributed by atoms with Crippen LogP contribution in [0.1, 0.15) is 16.6 Å². The number of carbonyl (C=O) groups excluding carboxylic acids is 1. The van der Waals surface area contributed by atoms with E-state index in [9.17, 15) is 22.1 Å². The van der Waals surface area contributed by atoms with Gasteiger partial charge in [0.15, 0.2) is 0 Å². The van der Waals surface area contributed by atoms with E-state index in [2.05, 4.69) is 6.92 Å². The van der Waals surface area contributed by atoms with Crippen molar-refractivity contribution >= 4 is 59.4 Å². The maximum atomic E-state index is 11.4. The molecule has 1 rings (SSSR count). The predicted molar refractivity (Wildman–Crippen MR) is 76.3 cm³/mol. The molecule has 0 saturated carbocycles. The Bertz CT molecular complexity index is 404. The molecule has 0 spiro atoms. The first-order valence-corrected chi connectivity index (χ1v) is 8.66. The molecule has 11 heteroatoms. The van der Waals surface area contributed by atoms with Crippen LogP contribution in [-0.2, 0) is 4.74 Å². The summed E-state index contributed by atoms with van der Waals surface area (Å²) in [4.78, 5) is 12.1. The summed E-state index contributed by atoms with van der Waals surface area (Å²) in [6, 6.07) is 0. The van der Waals surface area contributed by atoms with Gasteiger partial charge < -0.3 is 22.0 Å². The van der Waals surface area contributed by atoms with Crippen LogP contribution in [0.5, 0.6) is 0 Å². The van der Waals surface area contributed by atoms with Crippen molar-refractivity contribution in [3.05, 3.63) is 4.88 Å². The molecule has 0 aliphatic carbocycles. The van der Waals surface area contributed by atoms with Gasteiger partial charge in [-0.1, -0.05) is 30.4 Å². The second kappa shape index (κ2) is 9.04. The van der Waals surface area contributed by atoms with E-state index in [4.69, 9.17) is 4.74 Å². The molecule has 2 nitrogen and oxygen atoms in total. The maximum absolute atomic E-state index is 11.4. The van der Waals surface area contributed by atoms with E-state index in [1.165, 1.54) is 22.0 Å². The summed E-state index contributed by atoms with van der Waals surface area (Å²) in [5.74, 6) is 0.810. The van der Waals surface area contributed by atoms with Gasteiger partial charge in [-0.05, 0) is 6.26 Å². The summed E-state index contributed by atoms with van der Waals surface area (Å²) >= 11 is 6.57. The SMILES string of the molecule is CCSc1sc(C(=O)OC)c(SC)[s+]1.F[B-](F)(F)F. The first kappa shape index (κ1) is 19.0. The lowest BCUT2D eigenvalue weighted by atomic mass is 10.3. The van der Waals surface area contributed by atoms with Gasteiger partial charge in [0.25, 0.3) is 4.88 Å². The minimum atomic E-state index is -6.00. The molecule has 0 amide bonds. The average Bonchev–Trinajstić information content (AvgIpc) is 2.69. The fourth-order valence-electron chi connectivity index (χ4n) is 0.797. The van der Waals surface area contributed by atoms with Crippen LogP contribution in [0.15, 0.2) is 7.73 Å². The van der Waals surface area contributed by atoms with Crippen LogP contribution >= 0.6 is 46.2 Å². The van der Waals surface area contributed by atoms with Gasteiger partial charge in [-0.2, -0.15) is 0 Å². The molecule has 1 aromatic rings. The molecule has 0 fully saturated rings. The van der Waals surface area contributed by atoms with Gasteiger partial charge >= 0.3 is 16.7 Å². The highest BCUT2D eigenvalue weighted by Crippen LogP contribution is 2.41. The van der Waals surface area contributed by atoms with Crippen molar-refractivity contribution in [2.24, 2.45) is 0 Å². The highest BCUT2D eigenvalue weighted by atomic mass is 32.2. The minimum Gasteiger partial charge on any atom is -0.463 e. The number of methoxy groups -OCH3 is 1. The highest BCUT2D eigenvalue weighted by Gasteiger charge is 2.28. The Kier molecular flexibility index (Phi) is 9.04. The third-order valence-corrected chi connectivity index (χ3v) is 6.48. The molecule has 0 bridgehead atoms. The van der Waals surface area contributed by atoms with Crippen LogP contribution in [-0.4, -0.2) is 32.3 Å². The standard InChI is InChI=1S/C8H11O2S4.BF4/c1-4-12-8-13-5(6(9)10-2)7(11-3)14-8;2-1(3,4)5/h4H2,1-3H3;/q+1;-1. The van der Waals surface area contributed by atoms with Crippen LogP contribution in [0.25, 0.3) is 0 Å². The molecular formula is C8H11BF4O2S4. The van der Waals surface area contributed by atoms with E-state index < -0.39 is 7.25 Å². The third kappa shape index (κ3) is 8.71. The van der Waals surface area contributed by atoms with Gasteiger partial charge in [0.2, 0.25) is 4.21 Å². The number of thioether (sulfide) groups is 2. The van der Waals surface area contributed by atoms with Gasteiger partial charge in [0.05, 0.1) is 7.11 Å². The lowest BCUT2D eigenvalue weighted by Crippen LogP contribution is -2.02. The van der Waals surface area contributed by atoms with E-state index in [-0.39, 0.29) is 5.97 Å². The Hall–Kier alpha value is 0.00494. The monoisotopic (exact) mass is 354 g/mol.